The lowest BCUT2D eigenvalue weighted by Crippen LogP contribution is -2.41. The van der Waals surface area contributed by atoms with Gasteiger partial charge in [0.2, 0.25) is 5.91 Å². The van der Waals surface area contributed by atoms with E-state index in [1.54, 1.807) is 30.3 Å². The number of amides is 1. The lowest BCUT2D eigenvalue weighted by atomic mass is 10.0. The normalized spacial score (nSPS) is 20.4. The maximum absolute atomic E-state index is 13.3. The molecule has 31 heavy (non-hydrogen) atoms. The minimum Gasteiger partial charge on any atom is -0.342 e. The fourth-order valence-corrected chi connectivity index (χ4v) is 8.75. The molecule has 0 spiro atoms. The van der Waals surface area contributed by atoms with Crippen LogP contribution in [0.25, 0.3) is 0 Å². The molecule has 2 aliphatic rings. The Labute approximate surface area is 183 Å². The summed E-state index contributed by atoms with van der Waals surface area (Å²) in [7, 11) is -7.60. The third-order valence-electron chi connectivity index (χ3n) is 5.93. The molecule has 0 aromatic heterocycles. The second kappa shape index (κ2) is 8.72. The number of likely N-dealkylation sites (tertiary alicyclic amines) is 1. The van der Waals surface area contributed by atoms with Gasteiger partial charge in [0, 0.05) is 19.6 Å². The molecule has 4 rings (SSSR count). The highest BCUT2D eigenvalue weighted by Gasteiger charge is 2.44. The van der Waals surface area contributed by atoms with Gasteiger partial charge in [0.1, 0.15) is 5.25 Å². The van der Waals surface area contributed by atoms with Crippen molar-refractivity contribution in [2.24, 2.45) is 0 Å². The van der Waals surface area contributed by atoms with Crippen LogP contribution in [0.5, 0.6) is 0 Å². The van der Waals surface area contributed by atoms with E-state index in [4.69, 9.17) is 0 Å². The molecule has 2 heterocycles. The maximum atomic E-state index is 13.3. The van der Waals surface area contributed by atoms with Crippen LogP contribution in [-0.4, -0.2) is 53.0 Å². The van der Waals surface area contributed by atoms with Gasteiger partial charge in [-0.05, 0) is 48.6 Å². The number of piperidine rings is 1. The van der Waals surface area contributed by atoms with E-state index < -0.39 is 30.7 Å². The van der Waals surface area contributed by atoms with Crippen LogP contribution < -0.4 is 5.32 Å². The first-order valence-electron chi connectivity index (χ1n) is 10.4. The molecule has 166 valence electrons. The highest BCUT2D eigenvalue weighted by Crippen LogP contribution is 2.42. The molecule has 1 saturated heterocycles. The van der Waals surface area contributed by atoms with E-state index in [-0.39, 0.29) is 28.8 Å². The summed E-state index contributed by atoms with van der Waals surface area (Å²) in [5, 5.41) is 1.93. The SMILES string of the molecule is O=C(CNCc1cccc2c1C(S(=O)(=O)c1ccccc1)CS2(=O)=O)N1CCCCC1. The third-order valence-corrected chi connectivity index (χ3v) is 10.0. The molecule has 0 bridgehead atoms. The summed E-state index contributed by atoms with van der Waals surface area (Å²) in [6.45, 7) is 1.87. The average molecular weight is 463 g/mol. The molecule has 1 fully saturated rings. The standard InChI is InChI=1S/C22H26N2O5S2/c25-21(24-12-5-2-6-13-24)15-23-14-17-8-7-11-19-22(17)20(16-30(19,26)27)31(28,29)18-9-3-1-4-10-18/h1,3-4,7-11,20,23H,2,5-6,12-16H2. The van der Waals surface area contributed by atoms with E-state index in [0.717, 1.165) is 32.4 Å². The largest absolute Gasteiger partial charge is 0.342 e. The number of carbonyl (C=O) groups excluding carboxylic acids is 1. The number of hydrogen-bond acceptors (Lipinski definition) is 6. The summed E-state index contributed by atoms with van der Waals surface area (Å²) in [5.74, 6) is -0.461. The van der Waals surface area contributed by atoms with Crippen molar-refractivity contribution in [1.82, 2.24) is 10.2 Å². The lowest BCUT2D eigenvalue weighted by molar-refractivity contribution is -0.131. The number of nitrogens with one attached hydrogen (secondary N) is 1. The molecule has 1 unspecified atom stereocenters. The first-order valence-corrected chi connectivity index (χ1v) is 13.6. The van der Waals surface area contributed by atoms with Gasteiger partial charge in [-0.1, -0.05) is 30.3 Å². The van der Waals surface area contributed by atoms with Crippen molar-refractivity contribution in [3.8, 4) is 0 Å². The first kappa shape index (κ1) is 22.0. The molecule has 1 N–H and O–H groups in total. The molecule has 2 aromatic rings. The van der Waals surface area contributed by atoms with E-state index in [1.807, 2.05) is 4.90 Å². The first-order chi connectivity index (χ1) is 14.8. The Hall–Kier alpha value is -2.23. The molecule has 1 atom stereocenters. The Balaban J connectivity index is 1.59. The molecule has 7 nitrogen and oxygen atoms in total. The number of fused-ring (bicyclic) bond motifs is 1. The predicted octanol–water partition coefficient (Wildman–Crippen LogP) is 2.09. The number of sulfone groups is 2. The van der Waals surface area contributed by atoms with Crippen LogP contribution in [0.15, 0.2) is 58.3 Å². The van der Waals surface area contributed by atoms with Gasteiger partial charge >= 0.3 is 0 Å². The minimum absolute atomic E-state index is 0.00774. The highest BCUT2D eigenvalue weighted by atomic mass is 32.2. The Morgan fingerprint density at radius 2 is 1.71 bits per heavy atom. The second-order valence-corrected chi connectivity index (χ2v) is 12.1. The maximum Gasteiger partial charge on any atom is 0.236 e. The molecule has 0 saturated carbocycles. The van der Waals surface area contributed by atoms with Gasteiger partial charge in [-0.2, -0.15) is 0 Å². The molecule has 0 radical (unpaired) electrons. The zero-order valence-electron chi connectivity index (χ0n) is 17.2. The van der Waals surface area contributed by atoms with Gasteiger partial charge in [0.05, 0.1) is 22.1 Å². The number of rotatable bonds is 6. The summed E-state index contributed by atoms with van der Waals surface area (Å²) < 4.78 is 52.0. The van der Waals surface area contributed by atoms with E-state index >= 15 is 0 Å². The molecule has 0 aliphatic carbocycles. The number of carbonyl (C=O) groups is 1. The van der Waals surface area contributed by atoms with E-state index in [0.29, 0.717) is 11.1 Å². The molecule has 9 heteroatoms. The molecular weight excluding hydrogens is 436 g/mol. The zero-order chi connectivity index (χ0) is 22.1. The summed E-state index contributed by atoms with van der Waals surface area (Å²) in [6, 6.07) is 12.7. The van der Waals surface area contributed by atoms with Crippen molar-refractivity contribution in [2.45, 2.75) is 40.8 Å². The molecule has 1 amide bonds. The van der Waals surface area contributed by atoms with E-state index in [9.17, 15) is 21.6 Å². The Kier molecular flexibility index (Phi) is 6.18. The zero-order valence-corrected chi connectivity index (χ0v) is 18.8. The lowest BCUT2D eigenvalue weighted by Gasteiger charge is -2.26. The van der Waals surface area contributed by atoms with Gasteiger partial charge < -0.3 is 10.2 Å². The molecular formula is C22H26N2O5S2. The summed E-state index contributed by atoms with van der Waals surface area (Å²) in [5.41, 5.74) is 0.916. The van der Waals surface area contributed by atoms with Crippen LogP contribution in [0.2, 0.25) is 0 Å². The van der Waals surface area contributed by atoms with Crippen molar-refractivity contribution >= 4 is 25.6 Å². The summed E-state index contributed by atoms with van der Waals surface area (Å²) in [6.07, 6.45) is 3.16. The van der Waals surface area contributed by atoms with Crippen molar-refractivity contribution in [3.63, 3.8) is 0 Å². The number of nitrogens with zero attached hydrogens (tertiary/aromatic N) is 1. The van der Waals surface area contributed by atoms with Crippen LogP contribution in [0.1, 0.15) is 35.6 Å². The fourth-order valence-electron chi connectivity index (χ4n) is 4.33. The molecule has 2 aromatic carbocycles. The quantitative estimate of drug-likeness (QED) is 0.706. The monoisotopic (exact) mass is 462 g/mol. The van der Waals surface area contributed by atoms with E-state index in [1.165, 1.54) is 18.2 Å². The highest BCUT2D eigenvalue weighted by molar-refractivity contribution is 7.96. The minimum atomic E-state index is -3.89. The summed E-state index contributed by atoms with van der Waals surface area (Å²) in [4.78, 5) is 14.4. The smallest absolute Gasteiger partial charge is 0.236 e. The topological polar surface area (TPSA) is 101 Å². The van der Waals surface area contributed by atoms with Gasteiger partial charge in [-0.3, -0.25) is 4.79 Å². The Morgan fingerprint density at radius 3 is 2.42 bits per heavy atom. The fraction of sp³-hybridized carbons (Fsp3) is 0.409. The predicted molar refractivity (Wildman–Crippen MR) is 117 cm³/mol. The van der Waals surface area contributed by atoms with Crippen LogP contribution in [0, 0.1) is 0 Å². The van der Waals surface area contributed by atoms with Crippen molar-refractivity contribution < 1.29 is 21.6 Å². The van der Waals surface area contributed by atoms with Gasteiger partial charge in [-0.25, -0.2) is 16.8 Å². The summed E-state index contributed by atoms with van der Waals surface area (Å²) >= 11 is 0. The second-order valence-electron chi connectivity index (χ2n) is 8.00. The average Bonchev–Trinajstić information content (AvgIpc) is 3.07. The van der Waals surface area contributed by atoms with Crippen LogP contribution in [0.3, 0.4) is 0 Å². The van der Waals surface area contributed by atoms with Crippen molar-refractivity contribution in [2.75, 3.05) is 25.4 Å². The van der Waals surface area contributed by atoms with E-state index in [2.05, 4.69) is 5.32 Å². The Morgan fingerprint density at radius 1 is 1.00 bits per heavy atom. The van der Waals surface area contributed by atoms with Crippen LogP contribution in [0.4, 0.5) is 0 Å². The van der Waals surface area contributed by atoms with Gasteiger partial charge in [-0.15, -0.1) is 0 Å². The van der Waals surface area contributed by atoms with Crippen molar-refractivity contribution in [3.05, 3.63) is 59.7 Å². The van der Waals surface area contributed by atoms with Gasteiger partial charge in [0.15, 0.2) is 19.7 Å². The number of hydrogen-bond donors (Lipinski definition) is 1. The number of benzene rings is 2. The Bertz CT molecular complexity index is 1170. The van der Waals surface area contributed by atoms with Crippen LogP contribution in [-0.2, 0) is 31.0 Å². The van der Waals surface area contributed by atoms with Crippen LogP contribution >= 0.6 is 0 Å². The third kappa shape index (κ3) is 4.40. The van der Waals surface area contributed by atoms with Gasteiger partial charge in [0.25, 0.3) is 0 Å². The molecule has 2 aliphatic heterocycles. The van der Waals surface area contributed by atoms with Crippen molar-refractivity contribution in [1.29, 1.82) is 0 Å².